The number of carbonyl (C=O) groups is 1. The van der Waals surface area contributed by atoms with Crippen molar-refractivity contribution in [2.75, 3.05) is 5.32 Å². The Labute approximate surface area is 181 Å². The van der Waals surface area contributed by atoms with E-state index in [9.17, 15) is 9.59 Å². The third-order valence-corrected chi connectivity index (χ3v) is 5.94. The van der Waals surface area contributed by atoms with Crippen LogP contribution in [0.1, 0.15) is 11.1 Å². The minimum atomic E-state index is -0.406. The topological polar surface area (TPSA) is 81.3 Å². The predicted molar refractivity (Wildman–Crippen MR) is 117 cm³/mol. The Kier molecular flexibility index (Phi) is 5.61. The highest BCUT2D eigenvalue weighted by Gasteiger charge is 2.16. The van der Waals surface area contributed by atoms with Crippen molar-refractivity contribution in [2.24, 2.45) is 0 Å². The van der Waals surface area contributed by atoms with Gasteiger partial charge in [-0.1, -0.05) is 47.1 Å². The molecule has 0 bridgehead atoms. The lowest BCUT2D eigenvalue weighted by molar-refractivity contribution is -0.117. The molecule has 152 valence electrons. The molecule has 0 saturated heterocycles. The summed E-state index contributed by atoms with van der Waals surface area (Å²) in [5.74, 6) is -0.369. The molecule has 1 amide bonds. The van der Waals surface area contributed by atoms with Crippen molar-refractivity contribution >= 4 is 40.6 Å². The monoisotopic (exact) mass is 439 g/mol. The number of benzene rings is 2. The maximum Gasteiger partial charge on any atom is 0.350 e. The molecule has 0 aliphatic heterocycles. The van der Waals surface area contributed by atoms with E-state index >= 15 is 0 Å². The maximum absolute atomic E-state index is 12.7. The van der Waals surface area contributed by atoms with E-state index in [-0.39, 0.29) is 12.5 Å². The summed E-state index contributed by atoms with van der Waals surface area (Å²) in [7, 11) is 0. The van der Waals surface area contributed by atoms with Gasteiger partial charge in [0.15, 0.2) is 5.65 Å². The Hall–Kier alpha value is -3.10. The van der Waals surface area contributed by atoms with Gasteiger partial charge < -0.3 is 5.32 Å². The molecule has 30 heavy (non-hydrogen) atoms. The average molecular weight is 440 g/mol. The van der Waals surface area contributed by atoms with E-state index in [1.165, 1.54) is 16.2 Å². The molecule has 4 aromatic rings. The number of nitrogens with zero attached hydrogens (tertiary/aromatic N) is 4. The lowest BCUT2D eigenvalue weighted by Gasteiger charge is -2.09. The first-order chi connectivity index (χ1) is 14.4. The van der Waals surface area contributed by atoms with Gasteiger partial charge in [0.05, 0.1) is 0 Å². The fraction of sp³-hybridized carbons (Fsp3) is 0.143. The van der Waals surface area contributed by atoms with Crippen molar-refractivity contribution in [3.63, 3.8) is 0 Å². The van der Waals surface area contributed by atoms with Gasteiger partial charge in [0, 0.05) is 28.0 Å². The molecule has 2 aromatic heterocycles. The van der Waals surface area contributed by atoms with Gasteiger partial charge in [-0.25, -0.2) is 18.9 Å². The highest BCUT2D eigenvalue weighted by atomic mass is 35.5. The number of amides is 1. The Bertz CT molecular complexity index is 1300. The van der Waals surface area contributed by atoms with E-state index in [0.717, 1.165) is 20.7 Å². The summed E-state index contributed by atoms with van der Waals surface area (Å²) >= 11 is 7.51. The van der Waals surface area contributed by atoms with Crippen LogP contribution in [0.15, 0.2) is 69.6 Å². The van der Waals surface area contributed by atoms with Crippen LogP contribution < -0.4 is 11.0 Å². The molecule has 0 fully saturated rings. The highest BCUT2D eigenvalue weighted by molar-refractivity contribution is 7.99. The number of anilines is 1. The van der Waals surface area contributed by atoms with Crippen LogP contribution in [0.25, 0.3) is 5.65 Å². The lowest BCUT2D eigenvalue weighted by atomic mass is 10.2. The summed E-state index contributed by atoms with van der Waals surface area (Å²) in [5.41, 5.74) is 2.51. The van der Waals surface area contributed by atoms with Crippen LogP contribution in [-0.2, 0) is 11.3 Å². The summed E-state index contributed by atoms with van der Waals surface area (Å²) in [6, 6.07) is 13.3. The molecule has 0 aliphatic rings. The number of fused-ring (bicyclic) bond motifs is 1. The summed E-state index contributed by atoms with van der Waals surface area (Å²) < 4.78 is 2.52. The Balaban J connectivity index is 1.60. The number of rotatable bonds is 5. The van der Waals surface area contributed by atoms with Gasteiger partial charge in [0.25, 0.3) is 0 Å². The van der Waals surface area contributed by atoms with E-state index in [0.29, 0.717) is 21.4 Å². The first-order valence-corrected chi connectivity index (χ1v) is 10.4. The largest absolute Gasteiger partial charge is 0.350 e. The molecule has 2 heterocycles. The maximum atomic E-state index is 12.7. The average Bonchev–Trinajstić information content (AvgIpc) is 3.04. The molecule has 0 atom stereocenters. The molecule has 4 rings (SSSR count). The first kappa shape index (κ1) is 20.2. The van der Waals surface area contributed by atoms with Crippen LogP contribution in [0.4, 0.5) is 5.69 Å². The number of halogens is 1. The quantitative estimate of drug-likeness (QED) is 0.509. The summed E-state index contributed by atoms with van der Waals surface area (Å²) in [5, 5.41) is 8.27. The van der Waals surface area contributed by atoms with E-state index in [2.05, 4.69) is 15.4 Å². The van der Waals surface area contributed by atoms with Crippen molar-refractivity contribution in [3.05, 3.63) is 81.5 Å². The second-order valence-corrected chi connectivity index (χ2v) is 8.21. The van der Waals surface area contributed by atoms with Crippen LogP contribution in [-0.4, -0.2) is 25.1 Å². The van der Waals surface area contributed by atoms with Crippen LogP contribution in [0.3, 0.4) is 0 Å². The number of hydrogen-bond donors (Lipinski definition) is 1. The zero-order chi connectivity index (χ0) is 21.3. The smallest absolute Gasteiger partial charge is 0.324 e. The van der Waals surface area contributed by atoms with Gasteiger partial charge in [-0.05, 0) is 43.7 Å². The SMILES string of the molecule is Cc1ccc(Sc2nccn3c(=O)n(CC(=O)Nc4cccc(Cl)c4C)nc23)cc1. The number of hydrogen-bond acceptors (Lipinski definition) is 5. The van der Waals surface area contributed by atoms with Crippen LogP contribution in [0.2, 0.25) is 5.02 Å². The zero-order valence-electron chi connectivity index (χ0n) is 16.3. The van der Waals surface area contributed by atoms with Gasteiger partial charge in [-0.15, -0.1) is 5.10 Å². The van der Waals surface area contributed by atoms with Crippen LogP contribution in [0.5, 0.6) is 0 Å². The summed E-state index contributed by atoms with van der Waals surface area (Å²) in [6.07, 6.45) is 3.09. The number of nitrogens with one attached hydrogen (secondary N) is 1. The molecular weight excluding hydrogens is 422 g/mol. The minimum Gasteiger partial charge on any atom is -0.324 e. The first-order valence-electron chi connectivity index (χ1n) is 9.16. The molecule has 0 unspecified atom stereocenters. The molecule has 7 nitrogen and oxygen atoms in total. The predicted octanol–water partition coefficient (Wildman–Crippen LogP) is 3.95. The van der Waals surface area contributed by atoms with Crippen LogP contribution >= 0.6 is 23.4 Å². The van der Waals surface area contributed by atoms with E-state index in [1.807, 2.05) is 38.1 Å². The minimum absolute atomic E-state index is 0.221. The van der Waals surface area contributed by atoms with E-state index in [1.54, 1.807) is 30.6 Å². The van der Waals surface area contributed by atoms with Crippen molar-refractivity contribution in [1.82, 2.24) is 19.2 Å². The zero-order valence-corrected chi connectivity index (χ0v) is 17.9. The standard InChI is InChI=1S/C21H18ClN5O2S/c1-13-6-8-15(9-7-13)30-20-19-25-27(21(29)26(19)11-10-23-20)12-18(28)24-17-5-3-4-16(22)14(17)2/h3-11H,12H2,1-2H3,(H,24,28). The van der Waals surface area contributed by atoms with Crippen molar-refractivity contribution < 1.29 is 4.79 Å². The Morgan fingerprint density at radius 2 is 1.93 bits per heavy atom. The van der Waals surface area contributed by atoms with Crippen LogP contribution in [0, 0.1) is 13.8 Å². The number of carbonyl (C=O) groups excluding carboxylic acids is 1. The molecule has 1 N–H and O–H groups in total. The fourth-order valence-electron chi connectivity index (χ4n) is 2.89. The Morgan fingerprint density at radius 1 is 1.17 bits per heavy atom. The number of aromatic nitrogens is 4. The fourth-order valence-corrected chi connectivity index (χ4v) is 3.90. The van der Waals surface area contributed by atoms with Crippen molar-refractivity contribution in [2.45, 2.75) is 30.3 Å². The molecule has 9 heteroatoms. The second kappa shape index (κ2) is 8.33. The third kappa shape index (κ3) is 4.10. The molecule has 0 aliphatic carbocycles. The normalized spacial score (nSPS) is 11.0. The van der Waals surface area contributed by atoms with E-state index < -0.39 is 5.69 Å². The molecule has 0 saturated carbocycles. The van der Waals surface area contributed by atoms with Gasteiger partial charge in [-0.2, -0.15) is 0 Å². The van der Waals surface area contributed by atoms with Gasteiger partial charge in [0.2, 0.25) is 5.91 Å². The Morgan fingerprint density at radius 3 is 2.70 bits per heavy atom. The summed E-state index contributed by atoms with van der Waals surface area (Å²) in [4.78, 5) is 30.6. The highest BCUT2D eigenvalue weighted by Crippen LogP contribution is 2.28. The molecule has 0 radical (unpaired) electrons. The molecule has 0 spiro atoms. The third-order valence-electron chi connectivity index (χ3n) is 4.54. The molecule has 2 aromatic carbocycles. The second-order valence-electron chi connectivity index (χ2n) is 6.74. The summed E-state index contributed by atoms with van der Waals surface area (Å²) in [6.45, 7) is 3.61. The molecular formula is C21H18ClN5O2S. The van der Waals surface area contributed by atoms with Gasteiger partial charge >= 0.3 is 5.69 Å². The van der Waals surface area contributed by atoms with Gasteiger partial charge in [0.1, 0.15) is 11.6 Å². The van der Waals surface area contributed by atoms with E-state index in [4.69, 9.17) is 11.6 Å². The number of aryl methyl sites for hydroxylation is 1. The van der Waals surface area contributed by atoms with Crippen molar-refractivity contribution in [3.8, 4) is 0 Å². The van der Waals surface area contributed by atoms with Crippen molar-refractivity contribution in [1.29, 1.82) is 0 Å². The lowest BCUT2D eigenvalue weighted by Crippen LogP contribution is -2.28. The van der Waals surface area contributed by atoms with Gasteiger partial charge in [-0.3, -0.25) is 4.79 Å².